The number of anilines is 1. The molecule has 0 saturated carbocycles. The maximum Gasteiger partial charge on any atom is 0.401 e. The fourth-order valence-corrected chi connectivity index (χ4v) is 5.20. The molecule has 0 aliphatic carbocycles. The third-order valence-corrected chi connectivity index (χ3v) is 7.05. The Labute approximate surface area is 211 Å². The SMILES string of the molecule is C=C1CCC(N2C(=O)c3cccc(NCc4cnn(C5CCN(CC(F)(F)F)CC5)c4)c3C2=O)C(=O)N1. The summed E-state index contributed by atoms with van der Waals surface area (Å²) in [6.07, 6.45) is 1.29. The van der Waals surface area contributed by atoms with E-state index in [1.807, 2.05) is 6.20 Å². The van der Waals surface area contributed by atoms with Crippen molar-refractivity contribution in [2.75, 3.05) is 25.0 Å². The smallest absolute Gasteiger partial charge is 0.380 e. The zero-order valence-corrected chi connectivity index (χ0v) is 20.1. The Balaban J connectivity index is 1.23. The molecule has 0 spiro atoms. The van der Waals surface area contributed by atoms with E-state index in [0.29, 0.717) is 56.7 Å². The number of hydrogen-bond acceptors (Lipinski definition) is 6. The summed E-state index contributed by atoms with van der Waals surface area (Å²) in [6, 6.07) is 4.09. The van der Waals surface area contributed by atoms with Crippen molar-refractivity contribution >= 4 is 23.4 Å². The van der Waals surface area contributed by atoms with Crippen molar-refractivity contribution < 1.29 is 27.6 Å². The normalized spacial score (nSPS) is 21.4. The van der Waals surface area contributed by atoms with Gasteiger partial charge < -0.3 is 10.6 Å². The molecule has 3 amide bonds. The van der Waals surface area contributed by atoms with Gasteiger partial charge in [0.1, 0.15) is 6.04 Å². The molecule has 2 N–H and O–H groups in total. The second kappa shape index (κ2) is 9.66. The van der Waals surface area contributed by atoms with Crippen LogP contribution in [0.15, 0.2) is 42.9 Å². The van der Waals surface area contributed by atoms with Gasteiger partial charge in [0.25, 0.3) is 11.8 Å². The van der Waals surface area contributed by atoms with E-state index in [0.717, 1.165) is 10.5 Å². The number of benzene rings is 1. The highest BCUT2D eigenvalue weighted by Gasteiger charge is 2.45. The van der Waals surface area contributed by atoms with Crippen molar-refractivity contribution in [1.29, 1.82) is 0 Å². The Morgan fingerprint density at radius 2 is 1.86 bits per heavy atom. The molecule has 2 aromatic rings. The van der Waals surface area contributed by atoms with Crippen molar-refractivity contribution in [2.24, 2.45) is 0 Å². The number of aromatic nitrogens is 2. The van der Waals surface area contributed by atoms with E-state index < -0.39 is 36.5 Å². The van der Waals surface area contributed by atoms with E-state index in [-0.39, 0.29) is 17.2 Å². The highest BCUT2D eigenvalue weighted by atomic mass is 19.4. The van der Waals surface area contributed by atoms with Crippen LogP contribution in [0.4, 0.5) is 18.9 Å². The zero-order valence-electron chi connectivity index (χ0n) is 20.1. The molecule has 1 unspecified atom stereocenters. The first-order valence-corrected chi connectivity index (χ1v) is 12.2. The van der Waals surface area contributed by atoms with E-state index in [2.05, 4.69) is 22.3 Å². The van der Waals surface area contributed by atoms with Crippen LogP contribution in [0.5, 0.6) is 0 Å². The maximum absolute atomic E-state index is 13.3. The molecular weight excluding hydrogens is 489 g/mol. The minimum atomic E-state index is -4.20. The first kappa shape index (κ1) is 25.0. The van der Waals surface area contributed by atoms with Gasteiger partial charge in [-0.1, -0.05) is 12.6 Å². The van der Waals surface area contributed by atoms with Crippen LogP contribution in [0.1, 0.15) is 58.0 Å². The molecule has 3 aliphatic rings. The standard InChI is InChI=1S/C25H27F3N6O3/c1-15-5-6-20(22(35)31-15)34-23(36)18-3-2-4-19(21(18)24(34)37)29-11-16-12-30-33(13-16)17-7-9-32(10-8-17)14-25(26,27)28/h2-4,12-13,17,20,29H,1,5-11,14H2,(H,31,35). The van der Waals surface area contributed by atoms with Crippen LogP contribution in [0, 0.1) is 0 Å². The number of halogens is 3. The van der Waals surface area contributed by atoms with Gasteiger partial charge in [-0.2, -0.15) is 18.3 Å². The van der Waals surface area contributed by atoms with Crippen LogP contribution in [0.3, 0.4) is 0 Å². The summed E-state index contributed by atoms with van der Waals surface area (Å²) in [4.78, 5) is 41.2. The summed E-state index contributed by atoms with van der Waals surface area (Å²) in [5, 5.41) is 10.2. The zero-order chi connectivity index (χ0) is 26.3. The van der Waals surface area contributed by atoms with Gasteiger partial charge in [0.2, 0.25) is 5.91 Å². The summed E-state index contributed by atoms with van der Waals surface area (Å²) >= 11 is 0. The Bertz CT molecular complexity index is 1250. The molecule has 37 heavy (non-hydrogen) atoms. The van der Waals surface area contributed by atoms with Gasteiger partial charge in [0.05, 0.1) is 29.9 Å². The average Bonchev–Trinajstić information content (AvgIpc) is 3.41. The third kappa shape index (κ3) is 5.10. The number of nitrogens with zero attached hydrogens (tertiary/aromatic N) is 4. The van der Waals surface area contributed by atoms with Gasteiger partial charge in [0.15, 0.2) is 0 Å². The second-order valence-electron chi connectivity index (χ2n) is 9.66. The maximum atomic E-state index is 13.3. The number of fused-ring (bicyclic) bond motifs is 1. The predicted octanol–water partition coefficient (Wildman–Crippen LogP) is 3.08. The summed E-state index contributed by atoms with van der Waals surface area (Å²) in [5.41, 5.74) is 2.34. The fourth-order valence-electron chi connectivity index (χ4n) is 5.20. The molecule has 12 heteroatoms. The van der Waals surface area contributed by atoms with E-state index in [4.69, 9.17) is 0 Å². The topological polar surface area (TPSA) is 99.6 Å². The molecule has 0 radical (unpaired) electrons. The monoisotopic (exact) mass is 516 g/mol. The van der Waals surface area contributed by atoms with Gasteiger partial charge >= 0.3 is 6.18 Å². The van der Waals surface area contributed by atoms with E-state index >= 15 is 0 Å². The number of alkyl halides is 3. The molecule has 1 aromatic carbocycles. The minimum absolute atomic E-state index is 0.0182. The summed E-state index contributed by atoms with van der Waals surface area (Å²) in [6.45, 7) is 3.88. The number of carbonyl (C=O) groups is 3. The van der Waals surface area contributed by atoms with Crippen LogP contribution in [-0.2, 0) is 11.3 Å². The Morgan fingerprint density at radius 3 is 2.57 bits per heavy atom. The molecule has 4 heterocycles. The largest absolute Gasteiger partial charge is 0.401 e. The van der Waals surface area contributed by atoms with Crippen LogP contribution >= 0.6 is 0 Å². The lowest BCUT2D eigenvalue weighted by atomic mass is 10.0. The molecule has 3 aliphatic heterocycles. The highest BCUT2D eigenvalue weighted by Crippen LogP contribution is 2.33. The Kier molecular flexibility index (Phi) is 6.52. The van der Waals surface area contributed by atoms with Crippen LogP contribution < -0.4 is 10.6 Å². The predicted molar refractivity (Wildman–Crippen MR) is 128 cm³/mol. The molecule has 2 saturated heterocycles. The van der Waals surface area contributed by atoms with Gasteiger partial charge in [-0.25, -0.2) is 0 Å². The quantitative estimate of drug-likeness (QED) is 0.573. The van der Waals surface area contributed by atoms with Crippen molar-refractivity contribution in [1.82, 2.24) is 24.9 Å². The van der Waals surface area contributed by atoms with E-state index in [1.165, 1.54) is 4.90 Å². The van der Waals surface area contributed by atoms with Gasteiger partial charge in [0, 0.05) is 42.8 Å². The van der Waals surface area contributed by atoms with E-state index in [1.54, 1.807) is 29.1 Å². The molecule has 1 aromatic heterocycles. The average molecular weight is 517 g/mol. The summed E-state index contributed by atoms with van der Waals surface area (Å²) < 4.78 is 39.7. The number of likely N-dealkylation sites (tertiary alicyclic amines) is 1. The number of amides is 3. The molecule has 0 bridgehead atoms. The molecular formula is C25H27F3N6O3. The van der Waals surface area contributed by atoms with Gasteiger partial charge in [-0.15, -0.1) is 0 Å². The first-order chi connectivity index (χ1) is 17.6. The molecule has 2 fully saturated rings. The van der Waals surface area contributed by atoms with Crippen molar-refractivity contribution in [3.63, 3.8) is 0 Å². The van der Waals surface area contributed by atoms with Crippen LogP contribution in [-0.4, -0.2) is 69.2 Å². The molecule has 5 rings (SSSR count). The number of rotatable bonds is 6. The van der Waals surface area contributed by atoms with Crippen LogP contribution in [0.25, 0.3) is 0 Å². The number of imide groups is 1. The van der Waals surface area contributed by atoms with Gasteiger partial charge in [-0.3, -0.25) is 28.9 Å². The lowest BCUT2D eigenvalue weighted by molar-refractivity contribution is -0.148. The number of hydrogen-bond donors (Lipinski definition) is 2. The highest BCUT2D eigenvalue weighted by molar-refractivity contribution is 6.25. The number of carbonyl (C=O) groups excluding carboxylic acids is 3. The number of piperidine rings is 2. The number of allylic oxidation sites excluding steroid dienone is 1. The molecule has 196 valence electrons. The van der Waals surface area contributed by atoms with Crippen LogP contribution in [0.2, 0.25) is 0 Å². The first-order valence-electron chi connectivity index (χ1n) is 12.2. The van der Waals surface area contributed by atoms with Crippen molar-refractivity contribution in [3.8, 4) is 0 Å². The van der Waals surface area contributed by atoms with Gasteiger partial charge in [-0.05, 0) is 37.8 Å². The number of nitrogens with one attached hydrogen (secondary N) is 2. The summed E-state index contributed by atoms with van der Waals surface area (Å²) in [7, 11) is 0. The summed E-state index contributed by atoms with van der Waals surface area (Å²) in [5.74, 6) is -1.44. The lowest BCUT2D eigenvalue weighted by Gasteiger charge is -2.32. The van der Waals surface area contributed by atoms with E-state index in [9.17, 15) is 27.6 Å². The minimum Gasteiger partial charge on any atom is -0.380 e. The van der Waals surface area contributed by atoms with Crippen molar-refractivity contribution in [3.05, 3.63) is 59.6 Å². The lowest BCUT2D eigenvalue weighted by Crippen LogP contribution is -2.51. The second-order valence-corrected chi connectivity index (χ2v) is 9.66. The van der Waals surface area contributed by atoms with Crippen molar-refractivity contribution in [2.45, 2.75) is 50.5 Å². The Hall–Kier alpha value is -3.67. The molecule has 1 atom stereocenters. The molecule has 9 nitrogen and oxygen atoms in total. The Morgan fingerprint density at radius 1 is 1.11 bits per heavy atom. The third-order valence-electron chi connectivity index (χ3n) is 7.05. The fraction of sp³-hybridized carbons (Fsp3) is 0.440.